The Morgan fingerprint density at radius 3 is 2.41 bits per heavy atom. The molecule has 0 aromatic heterocycles. The Labute approximate surface area is 101 Å². The molecule has 5 nitrogen and oxygen atoms in total. The minimum Gasteiger partial charge on any atom is -0.481 e. The Morgan fingerprint density at radius 2 is 1.94 bits per heavy atom. The fraction of sp³-hybridized carbons (Fsp3) is 0.833. The molecule has 1 amide bonds. The molecule has 0 bridgehead atoms. The van der Waals surface area contributed by atoms with Gasteiger partial charge in [-0.1, -0.05) is 12.8 Å². The Hall–Kier alpha value is -1.10. The van der Waals surface area contributed by atoms with Gasteiger partial charge in [-0.15, -0.1) is 0 Å². The van der Waals surface area contributed by atoms with E-state index in [0.29, 0.717) is 18.8 Å². The molecule has 2 saturated carbocycles. The standard InChI is InChI=1S/C12H20N2O3/c13-12(5-1-2-6-12)11(17)14-9(7-10(15)16)8-3-4-8/h8-9H,1-7,13H2,(H,14,17)(H,15,16). The van der Waals surface area contributed by atoms with Crippen LogP contribution in [0.15, 0.2) is 0 Å². The Kier molecular flexibility index (Phi) is 3.38. The predicted molar refractivity (Wildman–Crippen MR) is 62.3 cm³/mol. The van der Waals surface area contributed by atoms with Crippen molar-refractivity contribution in [2.75, 3.05) is 0 Å². The highest BCUT2D eigenvalue weighted by Gasteiger charge is 2.41. The third-order valence-electron chi connectivity index (χ3n) is 3.85. The molecule has 2 rings (SSSR count). The molecule has 2 fully saturated rings. The lowest BCUT2D eigenvalue weighted by atomic mass is 9.96. The van der Waals surface area contributed by atoms with Crippen LogP contribution in [0, 0.1) is 5.92 Å². The highest BCUT2D eigenvalue weighted by molar-refractivity contribution is 5.87. The van der Waals surface area contributed by atoms with Gasteiger partial charge in [-0.2, -0.15) is 0 Å². The first-order chi connectivity index (χ1) is 8.01. The van der Waals surface area contributed by atoms with E-state index in [2.05, 4.69) is 5.32 Å². The van der Waals surface area contributed by atoms with Crippen LogP contribution in [0.5, 0.6) is 0 Å². The van der Waals surface area contributed by atoms with Gasteiger partial charge in [0.2, 0.25) is 5.91 Å². The lowest BCUT2D eigenvalue weighted by molar-refractivity contribution is -0.138. The minimum absolute atomic E-state index is 0.00644. The van der Waals surface area contributed by atoms with Gasteiger partial charge in [0.05, 0.1) is 12.0 Å². The number of carbonyl (C=O) groups is 2. The van der Waals surface area contributed by atoms with E-state index < -0.39 is 11.5 Å². The summed E-state index contributed by atoms with van der Waals surface area (Å²) < 4.78 is 0. The van der Waals surface area contributed by atoms with Gasteiger partial charge >= 0.3 is 5.97 Å². The second-order valence-corrected chi connectivity index (χ2v) is 5.38. The van der Waals surface area contributed by atoms with Crippen LogP contribution >= 0.6 is 0 Å². The molecule has 0 aliphatic heterocycles. The number of nitrogens with two attached hydrogens (primary N) is 1. The highest BCUT2D eigenvalue weighted by Crippen LogP contribution is 2.35. The van der Waals surface area contributed by atoms with Gasteiger partial charge in [0.25, 0.3) is 0 Å². The van der Waals surface area contributed by atoms with Gasteiger partial charge in [-0.05, 0) is 31.6 Å². The van der Waals surface area contributed by atoms with E-state index in [0.717, 1.165) is 25.7 Å². The van der Waals surface area contributed by atoms with Crippen LogP contribution in [0.2, 0.25) is 0 Å². The molecular weight excluding hydrogens is 220 g/mol. The van der Waals surface area contributed by atoms with Gasteiger partial charge in [0, 0.05) is 6.04 Å². The average Bonchev–Trinajstić information content (AvgIpc) is 3.00. The maximum absolute atomic E-state index is 12.1. The summed E-state index contributed by atoms with van der Waals surface area (Å²) in [5.74, 6) is -0.687. The molecule has 0 saturated heterocycles. The lowest BCUT2D eigenvalue weighted by Gasteiger charge is -2.26. The van der Waals surface area contributed by atoms with E-state index >= 15 is 0 Å². The number of amides is 1. The normalized spacial score (nSPS) is 24.3. The quantitative estimate of drug-likeness (QED) is 0.657. The van der Waals surface area contributed by atoms with Crippen LogP contribution < -0.4 is 11.1 Å². The molecular formula is C12H20N2O3. The largest absolute Gasteiger partial charge is 0.481 e. The summed E-state index contributed by atoms with van der Waals surface area (Å²) in [7, 11) is 0. The zero-order chi connectivity index (χ0) is 12.5. The number of carboxylic acid groups (broad SMARTS) is 1. The third kappa shape index (κ3) is 2.97. The summed E-state index contributed by atoms with van der Waals surface area (Å²) in [6.45, 7) is 0. The summed E-state index contributed by atoms with van der Waals surface area (Å²) >= 11 is 0. The van der Waals surface area contributed by atoms with E-state index in [4.69, 9.17) is 10.8 Å². The monoisotopic (exact) mass is 240 g/mol. The molecule has 4 N–H and O–H groups in total. The van der Waals surface area contributed by atoms with Gasteiger partial charge < -0.3 is 16.2 Å². The first kappa shape index (κ1) is 12.4. The van der Waals surface area contributed by atoms with Crippen LogP contribution in [-0.4, -0.2) is 28.6 Å². The number of carboxylic acids is 1. The molecule has 0 heterocycles. The van der Waals surface area contributed by atoms with Crippen molar-refractivity contribution in [2.24, 2.45) is 11.7 Å². The summed E-state index contributed by atoms with van der Waals surface area (Å²) in [5, 5.41) is 11.7. The molecule has 1 unspecified atom stereocenters. The van der Waals surface area contributed by atoms with Gasteiger partial charge in [-0.3, -0.25) is 9.59 Å². The molecule has 0 aromatic carbocycles. The van der Waals surface area contributed by atoms with Crippen molar-refractivity contribution >= 4 is 11.9 Å². The van der Waals surface area contributed by atoms with Gasteiger partial charge in [0.15, 0.2) is 0 Å². The van der Waals surface area contributed by atoms with E-state index in [9.17, 15) is 9.59 Å². The Balaban J connectivity index is 1.92. The van der Waals surface area contributed by atoms with E-state index in [-0.39, 0.29) is 18.4 Å². The van der Waals surface area contributed by atoms with E-state index in [1.165, 1.54) is 0 Å². The molecule has 0 radical (unpaired) electrons. The van der Waals surface area contributed by atoms with E-state index in [1.807, 2.05) is 0 Å². The molecule has 96 valence electrons. The molecule has 5 heteroatoms. The fourth-order valence-electron chi connectivity index (χ4n) is 2.57. The Morgan fingerprint density at radius 1 is 1.35 bits per heavy atom. The zero-order valence-electron chi connectivity index (χ0n) is 9.95. The number of hydrogen-bond acceptors (Lipinski definition) is 3. The van der Waals surface area contributed by atoms with E-state index in [1.54, 1.807) is 0 Å². The van der Waals surface area contributed by atoms with Gasteiger partial charge in [-0.25, -0.2) is 0 Å². The van der Waals surface area contributed by atoms with Crippen LogP contribution in [-0.2, 0) is 9.59 Å². The van der Waals surface area contributed by atoms with Crippen molar-refractivity contribution in [2.45, 2.75) is 56.5 Å². The van der Waals surface area contributed by atoms with Crippen molar-refractivity contribution in [3.8, 4) is 0 Å². The van der Waals surface area contributed by atoms with Crippen molar-refractivity contribution in [3.05, 3.63) is 0 Å². The number of aliphatic carboxylic acids is 1. The van der Waals surface area contributed by atoms with Crippen molar-refractivity contribution in [1.82, 2.24) is 5.32 Å². The predicted octanol–water partition coefficient (Wildman–Crippen LogP) is 0.627. The fourth-order valence-corrected chi connectivity index (χ4v) is 2.57. The minimum atomic E-state index is -0.861. The molecule has 0 aromatic rings. The van der Waals surface area contributed by atoms with Crippen molar-refractivity contribution in [1.29, 1.82) is 0 Å². The Bertz CT molecular complexity index is 320. The summed E-state index contributed by atoms with van der Waals surface area (Å²) in [6.07, 6.45) is 5.42. The molecule has 1 atom stereocenters. The van der Waals surface area contributed by atoms with Crippen LogP contribution in [0.25, 0.3) is 0 Å². The van der Waals surface area contributed by atoms with Crippen molar-refractivity contribution in [3.63, 3.8) is 0 Å². The summed E-state index contributed by atoms with van der Waals surface area (Å²) in [5.41, 5.74) is 5.28. The van der Waals surface area contributed by atoms with Crippen molar-refractivity contribution < 1.29 is 14.7 Å². The first-order valence-corrected chi connectivity index (χ1v) is 6.33. The first-order valence-electron chi connectivity index (χ1n) is 6.33. The zero-order valence-corrected chi connectivity index (χ0v) is 9.95. The molecule has 2 aliphatic carbocycles. The molecule has 17 heavy (non-hydrogen) atoms. The second-order valence-electron chi connectivity index (χ2n) is 5.38. The lowest BCUT2D eigenvalue weighted by Crippen LogP contribution is -2.55. The smallest absolute Gasteiger partial charge is 0.305 e. The SMILES string of the molecule is NC1(C(=O)NC(CC(=O)O)C2CC2)CCCC1. The number of rotatable bonds is 5. The molecule has 0 spiro atoms. The van der Waals surface area contributed by atoms with Crippen LogP contribution in [0.4, 0.5) is 0 Å². The highest BCUT2D eigenvalue weighted by atomic mass is 16.4. The molecule has 2 aliphatic rings. The average molecular weight is 240 g/mol. The topological polar surface area (TPSA) is 92.4 Å². The maximum Gasteiger partial charge on any atom is 0.305 e. The second kappa shape index (κ2) is 4.64. The summed E-state index contributed by atoms with van der Waals surface area (Å²) in [4.78, 5) is 22.8. The number of carbonyl (C=O) groups excluding carboxylic acids is 1. The maximum atomic E-state index is 12.1. The summed E-state index contributed by atoms with van der Waals surface area (Å²) in [6, 6.07) is -0.235. The number of nitrogens with one attached hydrogen (secondary N) is 1. The van der Waals surface area contributed by atoms with Gasteiger partial charge in [0.1, 0.15) is 0 Å². The number of hydrogen-bond donors (Lipinski definition) is 3. The van der Waals surface area contributed by atoms with Crippen LogP contribution in [0.3, 0.4) is 0 Å². The third-order valence-corrected chi connectivity index (χ3v) is 3.85. The van der Waals surface area contributed by atoms with Crippen LogP contribution in [0.1, 0.15) is 44.9 Å².